The van der Waals surface area contributed by atoms with Crippen LogP contribution in [0.25, 0.3) is 0 Å². The molecule has 0 spiro atoms. The molecule has 19 heavy (non-hydrogen) atoms. The number of ether oxygens (including phenoxy) is 3. The molecule has 2 aliphatic heterocycles. The Morgan fingerprint density at radius 3 is 2.63 bits per heavy atom. The van der Waals surface area contributed by atoms with E-state index in [0.29, 0.717) is 37.8 Å². The van der Waals surface area contributed by atoms with Gasteiger partial charge in [-0.15, -0.1) is 4.83 Å². The molecule has 2 heterocycles. The summed E-state index contributed by atoms with van der Waals surface area (Å²) in [5, 5.41) is 1.63. The first kappa shape index (κ1) is 12.7. The Morgan fingerprint density at radius 2 is 1.84 bits per heavy atom. The summed E-state index contributed by atoms with van der Waals surface area (Å²) in [5.74, 6) is 1.01. The molecule has 1 fully saturated rings. The van der Waals surface area contributed by atoms with Crippen LogP contribution in [-0.2, 0) is 14.8 Å². The number of sulfonamides is 1. The molecule has 0 saturated carbocycles. The standard InChI is InChI=1S/C11H14N2O5S/c14-19(15,12-13-3-5-16-6-4-13)9-1-2-10-11(7-9)18-8-17-10/h1-2,7,12H,3-6,8H2. The molecule has 0 radical (unpaired) electrons. The minimum Gasteiger partial charge on any atom is -0.454 e. The molecule has 1 aromatic rings. The first-order valence-corrected chi connectivity index (χ1v) is 7.38. The molecule has 1 aromatic carbocycles. The van der Waals surface area contributed by atoms with Crippen molar-refractivity contribution in [3.63, 3.8) is 0 Å². The molecule has 0 atom stereocenters. The first-order chi connectivity index (χ1) is 9.15. The van der Waals surface area contributed by atoms with Crippen molar-refractivity contribution < 1.29 is 22.6 Å². The third-order valence-electron chi connectivity index (χ3n) is 2.91. The second-order valence-electron chi connectivity index (χ2n) is 4.21. The van der Waals surface area contributed by atoms with Crippen LogP contribution in [0.15, 0.2) is 23.1 Å². The molecule has 0 bridgehead atoms. The third kappa shape index (κ3) is 2.66. The molecule has 1 N–H and O–H groups in total. The normalized spacial score (nSPS) is 19.6. The summed E-state index contributed by atoms with van der Waals surface area (Å²) in [6.07, 6.45) is 0. The molecule has 0 amide bonds. The second-order valence-corrected chi connectivity index (χ2v) is 5.87. The predicted molar refractivity (Wildman–Crippen MR) is 65.3 cm³/mol. The average Bonchev–Trinajstić information content (AvgIpc) is 2.86. The second kappa shape index (κ2) is 4.97. The number of hydrazine groups is 1. The zero-order valence-electron chi connectivity index (χ0n) is 10.2. The van der Waals surface area contributed by atoms with Crippen LogP contribution in [0, 0.1) is 0 Å². The Bertz CT molecular complexity index is 568. The smallest absolute Gasteiger partial charge is 0.253 e. The van der Waals surface area contributed by atoms with E-state index in [1.807, 2.05) is 0 Å². The summed E-state index contributed by atoms with van der Waals surface area (Å²) >= 11 is 0. The number of morpholine rings is 1. The van der Waals surface area contributed by atoms with Gasteiger partial charge in [0.05, 0.1) is 18.1 Å². The third-order valence-corrected chi connectivity index (χ3v) is 4.29. The lowest BCUT2D eigenvalue weighted by molar-refractivity contribution is 0.0272. The van der Waals surface area contributed by atoms with Crippen molar-refractivity contribution in [3.8, 4) is 11.5 Å². The lowest BCUT2D eigenvalue weighted by atomic mass is 10.3. The van der Waals surface area contributed by atoms with Gasteiger partial charge in [-0.25, -0.2) is 13.4 Å². The van der Waals surface area contributed by atoms with E-state index in [1.165, 1.54) is 12.1 Å². The van der Waals surface area contributed by atoms with Gasteiger partial charge >= 0.3 is 0 Å². The van der Waals surface area contributed by atoms with E-state index < -0.39 is 10.0 Å². The fourth-order valence-electron chi connectivity index (χ4n) is 1.92. The summed E-state index contributed by atoms with van der Waals surface area (Å²) in [7, 11) is -3.60. The van der Waals surface area contributed by atoms with Gasteiger partial charge in [-0.1, -0.05) is 0 Å². The van der Waals surface area contributed by atoms with Gasteiger partial charge in [0.15, 0.2) is 11.5 Å². The summed E-state index contributed by atoms with van der Waals surface area (Å²) < 4.78 is 39.9. The van der Waals surface area contributed by atoms with Gasteiger partial charge in [-0.3, -0.25) is 0 Å². The number of nitrogens with one attached hydrogen (secondary N) is 1. The molecule has 7 nitrogen and oxygen atoms in total. The van der Waals surface area contributed by atoms with Gasteiger partial charge in [-0.2, -0.15) is 0 Å². The number of nitrogens with zero attached hydrogens (tertiary/aromatic N) is 1. The Morgan fingerprint density at radius 1 is 1.11 bits per heavy atom. The minimum absolute atomic E-state index is 0.121. The molecule has 1 saturated heterocycles. The van der Waals surface area contributed by atoms with Crippen molar-refractivity contribution >= 4 is 10.0 Å². The fourth-order valence-corrected chi connectivity index (χ4v) is 3.06. The molecule has 2 aliphatic rings. The number of hydrogen-bond donors (Lipinski definition) is 1. The van der Waals surface area contributed by atoms with Crippen LogP contribution >= 0.6 is 0 Å². The topological polar surface area (TPSA) is 77.1 Å². The summed E-state index contributed by atoms with van der Waals surface area (Å²) in [6.45, 7) is 2.22. The van der Waals surface area contributed by atoms with Gasteiger partial charge in [0.2, 0.25) is 6.79 Å². The Kier molecular flexibility index (Phi) is 3.31. The number of hydrogen-bond acceptors (Lipinski definition) is 6. The highest BCUT2D eigenvalue weighted by atomic mass is 32.2. The largest absolute Gasteiger partial charge is 0.454 e. The molecule has 3 rings (SSSR count). The van der Waals surface area contributed by atoms with Crippen molar-refractivity contribution in [2.75, 3.05) is 33.1 Å². The molecule has 0 unspecified atom stereocenters. The Hall–Kier alpha value is -1.35. The van der Waals surface area contributed by atoms with E-state index in [9.17, 15) is 8.42 Å². The minimum atomic E-state index is -3.60. The van der Waals surface area contributed by atoms with Crippen molar-refractivity contribution in [2.45, 2.75) is 4.90 Å². The van der Waals surface area contributed by atoms with Gasteiger partial charge in [0.1, 0.15) is 0 Å². The maximum Gasteiger partial charge on any atom is 0.253 e. The molecular formula is C11H14N2O5S. The van der Waals surface area contributed by atoms with E-state index in [2.05, 4.69) is 4.83 Å². The van der Waals surface area contributed by atoms with E-state index in [1.54, 1.807) is 11.1 Å². The first-order valence-electron chi connectivity index (χ1n) is 5.90. The van der Waals surface area contributed by atoms with Gasteiger partial charge in [-0.05, 0) is 12.1 Å². The van der Waals surface area contributed by atoms with Crippen LogP contribution in [0.3, 0.4) is 0 Å². The van der Waals surface area contributed by atoms with Crippen LogP contribution in [-0.4, -0.2) is 46.5 Å². The number of rotatable bonds is 3. The summed E-state index contributed by atoms with van der Waals surface area (Å²) in [4.78, 5) is 2.69. The lowest BCUT2D eigenvalue weighted by Crippen LogP contribution is -2.48. The quantitative estimate of drug-likeness (QED) is 0.839. The van der Waals surface area contributed by atoms with Crippen molar-refractivity contribution in [3.05, 3.63) is 18.2 Å². The zero-order valence-corrected chi connectivity index (χ0v) is 11.0. The summed E-state index contributed by atoms with van der Waals surface area (Å²) in [5.41, 5.74) is 0. The maximum atomic E-state index is 12.2. The Balaban J connectivity index is 1.79. The number of fused-ring (bicyclic) bond motifs is 1. The number of benzene rings is 1. The van der Waals surface area contributed by atoms with Crippen LogP contribution in [0.1, 0.15) is 0 Å². The average molecular weight is 286 g/mol. The molecular weight excluding hydrogens is 272 g/mol. The molecule has 104 valence electrons. The van der Waals surface area contributed by atoms with Crippen LogP contribution in [0.4, 0.5) is 0 Å². The van der Waals surface area contributed by atoms with Crippen LogP contribution in [0.5, 0.6) is 11.5 Å². The van der Waals surface area contributed by atoms with Crippen molar-refractivity contribution in [2.24, 2.45) is 0 Å². The SMILES string of the molecule is O=S(=O)(NN1CCOCC1)c1ccc2c(c1)OCO2. The van der Waals surface area contributed by atoms with Crippen molar-refractivity contribution in [1.82, 2.24) is 9.84 Å². The zero-order chi connectivity index (χ0) is 13.3. The van der Waals surface area contributed by atoms with Crippen molar-refractivity contribution in [1.29, 1.82) is 0 Å². The van der Waals surface area contributed by atoms with E-state index in [-0.39, 0.29) is 11.7 Å². The lowest BCUT2D eigenvalue weighted by Gasteiger charge is -2.26. The van der Waals surface area contributed by atoms with E-state index in [0.717, 1.165) is 0 Å². The Labute approximate surface area is 111 Å². The van der Waals surface area contributed by atoms with Crippen LogP contribution in [0.2, 0.25) is 0 Å². The van der Waals surface area contributed by atoms with Gasteiger partial charge in [0.25, 0.3) is 10.0 Å². The van der Waals surface area contributed by atoms with Crippen LogP contribution < -0.4 is 14.3 Å². The predicted octanol–water partition coefficient (Wildman–Crippen LogP) is -0.0592. The van der Waals surface area contributed by atoms with E-state index in [4.69, 9.17) is 14.2 Å². The fraction of sp³-hybridized carbons (Fsp3) is 0.455. The molecule has 0 aromatic heterocycles. The monoisotopic (exact) mass is 286 g/mol. The van der Waals surface area contributed by atoms with Gasteiger partial charge in [0, 0.05) is 19.2 Å². The molecule has 0 aliphatic carbocycles. The highest BCUT2D eigenvalue weighted by Crippen LogP contribution is 2.33. The highest BCUT2D eigenvalue weighted by Gasteiger charge is 2.23. The molecule has 8 heteroatoms. The van der Waals surface area contributed by atoms with E-state index >= 15 is 0 Å². The maximum absolute atomic E-state index is 12.2. The summed E-state index contributed by atoms with van der Waals surface area (Å²) in [6, 6.07) is 4.55. The highest BCUT2D eigenvalue weighted by molar-refractivity contribution is 7.89. The van der Waals surface area contributed by atoms with Gasteiger partial charge < -0.3 is 14.2 Å².